The molecule has 6 heteroatoms. The molecule has 0 spiro atoms. The van der Waals surface area contributed by atoms with Gasteiger partial charge in [-0.2, -0.15) is 11.8 Å². The standard InChI is InChI=1S/C16H29N3O2S/c1-4-17-14(18-9-16(20)6-8-22-10-16)19-12-11-5-7-21-13(11)15(12,2)3/h11-13,20H,4-10H2,1-3H3,(H2,17,18,19). The molecule has 126 valence electrons. The summed E-state index contributed by atoms with van der Waals surface area (Å²) in [5.74, 6) is 3.25. The van der Waals surface area contributed by atoms with Crippen LogP contribution in [0, 0.1) is 11.3 Å². The summed E-state index contributed by atoms with van der Waals surface area (Å²) in [5.41, 5.74) is -0.487. The van der Waals surface area contributed by atoms with E-state index in [-0.39, 0.29) is 5.41 Å². The predicted octanol–water partition coefficient (Wildman–Crippen LogP) is 1.22. The van der Waals surface area contributed by atoms with Gasteiger partial charge in [-0.1, -0.05) is 13.8 Å². The molecule has 4 unspecified atom stereocenters. The molecule has 3 aliphatic rings. The van der Waals surface area contributed by atoms with Crippen LogP contribution < -0.4 is 10.6 Å². The van der Waals surface area contributed by atoms with E-state index >= 15 is 0 Å². The third-order valence-corrected chi connectivity index (χ3v) is 6.59. The molecule has 5 nitrogen and oxygen atoms in total. The van der Waals surface area contributed by atoms with Crippen LogP contribution in [0.4, 0.5) is 0 Å². The van der Waals surface area contributed by atoms with E-state index in [1.807, 2.05) is 11.8 Å². The molecule has 2 aliphatic heterocycles. The Balaban J connectivity index is 1.64. The number of nitrogens with one attached hydrogen (secondary N) is 2. The first-order valence-electron chi connectivity index (χ1n) is 8.43. The topological polar surface area (TPSA) is 65.9 Å². The normalized spacial score (nSPS) is 40.2. The first-order chi connectivity index (χ1) is 10.5. The average Bonchev–Trinajstić information content (AvgIpc) is 3.10. The summed E-state index contributed by atoms with van der Waals surface area (Å²) in [5, 5.41) is 17.4. The SMILES string of the molecule is CCNC(=NCC1(O)CCSC1)NC1C2CCOC2C1(C)C. The van der Waals surface area contributed by atoms with Crippen LogP contribution in [0.5, 0.6) is 0 Å². The highest BCUT2D eigenvalue weighted by Gasteiger charge is 2.59. The summed E-state index contributed by atoms with van der Waals surface area (Å²) in [4.78, 5) is 4.66. The van der Waals surface area contributed by atoms with Crippen molar-refractivity contribution in [2.24, 2.45) is 16.3 Å². The molecular weight excluding hydrogens is 298 g/mol. The Labute approximate surface area is 137 Å². The first-order valence-corrected chi connectivity index (χ1v) is 9.58. The Kier molecular flexibility index (Phi) is 4.63. The number of aliphatic imine (C=N–C) groups is 1. The van der Waals surface area contributed by atoms with Crippen LogP contribution in [-0.2, 0) is 4.74 Å². The maximum absolute atomic E-state index is 10.5. The van der Waals surface area contributed by atoms with Crippen molar-refractivity contribution in [2.45, 2.75) is 51.4 Å². The van der Waals surface area contributed by atoms with E-state index in [9.17, 15) is 5.11 Å². The number of guanidine groups is 1. The van der Waals surface area contributed by atoms with Gasteiger partial charge >= 0.3 is 0 Å². The van der Waals surface area contributed by atoms with Gasteiger partial charge in [0.05, 0.1) is 18.2 Å². The molecule has 3 N–H and O–H groups in total. The van der Waals surface area contributed by atoms with Gasteiger partial charge in [0.1, 0.15) is 0 Å². The Morgan fingerprint density at radius 2 is 2.27 bits per heavy atom. The minimum absolute atomic E-state index is 0.136. The number of hydrogen-bond acceptors (Lipinski definition) is 4. The molecule has 0 aromatic carbocycles. The van der Waals surface area contributed by atoms with Crippen LogP contribution in [0.3, 0.4) is 0 Å². The molecule has 2 saturated heterocycles. The molecule has 0 bridgehead atoms. The van der Waals surface area contributed by atoms with E-state index in [1.54, 1.807) is 0 Å². The molecule has 0 radical (unpaired) electrons. The van der Waals surface area contributed by atoms with Crippen LogP contribution >= 0.6 is 11.8 Å². The van der Waals surface area contributed by atoms with Crippen molar-refractivity contribution in [3.8, 4) is 0 Å². The third kappa shape index (κ3) is 2.97. The van der Waals surface area contributed by atoms with Crippen LogP contribution in [0.15, 0.2) is 4.99 Å². The predicted molar refractivity (Wildman–Crippen MR) is 91.4 cm³/mol. The maximum atomic E-state index is 10.5. The van der Waals surface area contributed by atoms with E-state index in [0.29, 0.717) is 24.6 Å². The Bertz CT molecular complexity index is 435. The van der Waals surface area contributed by atoms with Gasteiger partial charge in [0.15, 0.2) is 5.96 Å². The van der Waals surface area contributed by atoms with Crippen molar-refractivity contribution in [1.82, 2.24) is 10.6 Å². The van der Waals surface area contributed by atoms with Crippen molar-refractivity contribution in [3.05, 3.63) is 0 Å². The molecule has 3 fully saturated rings. The number of hydrogen-bond donors (Lipinski definition) is 3. The van der Waals surface area contributed by atoms with Crippen LogP contribution in [0.1, 0.15) is 33.6 Å². The lowest BCUT2D eigenvalue weighted by atomic mass is 9.57. The molecule has 0 aromatic rings. The number of fused-ring (bicyclic) bond motifs is 1. The molecule has 3 rings (SSSR count). The highest BCUT2D eigenvalue weighted by atomic mass is 32.2. The first kappa shape index (κ1) is 16.4. The summed E-state index contributed by atoms with van der Waals surface area (Å²) < 4.78 is 5.85. The highest BCUT2D eigenvalue weighted by molar-refractivity contribution is 7.99. The molecule has 22 heavy (non-hydrogen) atoms. The second-order valence-electron chi connectivity index (χ2n) is 7.41. The average molecular weight is 327 g/mol. The van der Waals surface area contributed by atoms with E-state index < -0.39 is 5.60 Å². The largest absolute Gasteiger partial charge is 0.387 e. The summed E-state index contributed by atoms with van der Waals surface area (Å²) in [6.45, 7) is 8.79. The zero-order valence-corrected chi connectivity index (χ0v) is 14.7. The minimum Gasteiger partial charge on any atom is -0.387 e. The molecule has 4 atom stereocenters. The van der Waals surface area contributed by atoms with Gasteiger partial charge < -0.3 is 20.5 Å². The molecule has 1 aliphatic carbocycles. The van der Waals surface area contributed by atoms with Gasteiger partial charge in [0, 0.05) is 36.3 Å². The molecule has 1 saturated carbocycles. The number of thioether (sulfide) groups is 1. The zero-order valence-electron chi connectivity index (χ0n) is 13.9. The van der Waals surface area contributed by atoms with Crippen molar-refractivity contribution in [1.29, 1.82) is 0 Å². The monoisotopic (exact) mass is 327 g/mol. The van der Waals surface area contributed by atoms with E-state index in [1.165, 1.54) is 0 Å². The van der Waals surface area contributed by atoms with Gasteiger partial charge in [-0.15, -0.1) is 0 Å². The quantitative estimate of drug-likeness (QED) is 0.535. The highest BCUT2D eigenvalue weighted by Crippen LogP contribution is 2.52. The maximum Gasteiger partial charge on any atom is 0.191 e. The van der Waals surface area contributed by atoms with Crippen molar-refractivity contribution < 1.29 is 9.84 Å². The lowest BCUT2D eigenvalue weighted by Crippen LogP contribution is -2.68. The zero-order chi connectivity index (χ0) is 15.8. The van der Waals surface area contributed by atoms with Gasteiger partial charge in [-0.25, -0.2) is 0 Å². The number of nitrogens with zero attached hydrogens (tertiary/aromatic N) is 1. The molecule has 2 heterocycles. The Hall–Kier alpha value is -0.460. The summed E-state index contributed by atoms with van der Waals surface area (Å²) in [6.07, 6.45) is 2.35. The second kappa shape index (κ2) is 6.21. The molecular formula is C16H29N3O2S. The fraction of sp³-hybridized carbons (Fsp3) is 0.938. The smallest absolute Gasteiger partial charge is 0.191 e. The summed E-state index contributed by atoms with van der Waals surface area (Å²) >= 11 is 1.81. The van der Waals surface area contributed by atoms with Gasteiger partial charge in [-0.3, -0.25) is 4.99 Å². The Morgan fingerprint density at radius 1 is 1.45 bits per heavy atom. The van der Waals surface area contributed by atoms with Crippen LogP contribution in [0.25, 0.3) is 0 Å². The fourth-order valence-corrected chi connectivity index (χ4v) is 5.32. The van der Waals surface area contributed by atoms with E-state index in [0.717, 1.165) is 43.5 Å². The van der Waals surface area contributed by atoms with E-state index in [4.69, 9.17) is 4.74 Å². The third-order valence-electron chi connectivity index (χ3n) is 5.35. The van der Waals surface area contributed by atoms with E-state index in [2.05, 4.69) is 36.4 Å². The molecule has 0 aromatic heterocycles. The Morgan fingerprint density at radius 3 is 2.95 bits per heavy atom. The second-order valence-corrected chi connectivity index (χ2v) is 8.51. The van der Waals surface area contributed by atoms with Gasteiger partial charge in [-0.05, 0) is 25.5 Å². The van der Waals surface area contributed by atoms with Crippen LogP contribution in [-0.4, -0.2) is 60.0 Å². The van der Waals surface area contributed by atoms with Crippen molar-refractivity contribution in [2.75, 3.05) is 31.2 Å². The number of rotatable bonds is 4. The molecule has 0 amide bonds. The lowest BCUT2D eigenvalue weighted by molar-refractivity contribution is -0.106. The van der Waals surface area contributed by atoms with Gasteiger partial charge in [0.25, 0.3) is 0 Å². The fourth-order valence-electron chi connectivity index (χ4n) is 4.03. The lowest BCUT2D eigenvalue weighted by Gasteiger charge is -2.55. The summed E-state index contributed by atoms with van der Waals surface area (Å²) in [6, 6.07) is 0.394. The van der Waals surface area contributed by atoms with Gasteiger partial charge in [0.2, 0.25) is 0 Å². The van der Waals surface area contributed by atoms with Crippen molar-refractivity contribution in [3.63, 3.8) is 0 Å². The van der Waals surface area contributed by atoms with Crippen molar-refractivity contribution >= 4 is 17.7 Å². The summed E-state index contributed by atoms with van der Waals surface area (Å²) in [7, 11) is 0. The van der Waals surface area contributed by atoms with Crippen LogP contribution in [0.2, 0.25) is 0 Å². The number of aliphatic hydroxyl groups is 1. The number of ether oxygens (including phenoxy) is 1. The minimum atomic E-state index is -0.624.